The van der Waals surface area contributed by atoms with Gasteiger partial charge in [-0.05, 0) is 22.5 Å². The second kappa shape index (κ2) is 4.88. The number of nitrogens with one attached hydrogen (secondary N) is 1. The molecule has 1 aromatic rings. The molecule has 0 aliphatic rings. The van der Waals surface area contributed by atoms with Crippen LogP contribution in [0.2, 0.25) is 0 Å². The van der Waals surface area contributed by atoms with E-state index < -0.39 is 0 Å². The largest absolute Gasteiger partial charge is 0.505 e. The van der Waals surface area contributed by atoms with Gasteiger partial charge in [0.05, 0.1) is 5.69 Å². The molecule has 0 saturated carbocycles. The molecule has 0 aliphatic carbocycles. The van der Waals surface area contributed by atoms with Crippen molar-refractivity contribution < 1.29 is 5.11 Å². The van der Waals surface area contributed by atoms with Crippen LogP contribution in [0, 0.1) is 0 Å². The zero-order valence-corrected chi connectivity index (χ0v) is 12.8. The number of phenolic OH excluding ortho intramolecular Hbond substituents is 1. The summed E-state index contributed by atoms with van der Waals surface area (Å²) in [7, 11) is 0. The van der Waals surface area contributed by atoms with Crippen molar-refractivity contribution in [2.75, 3.05) is 5.32 Å². The normalized spacial score (nSPS) is 12.3. The van der Waals surface area contributed by atoms with E-state index in [-0.39, 0.29) is 16.6 Å². The van der Waals surface area contributed by atoms with Crippen LogP contribution in [0.1, 0.15) is 52.7 Å². The first kappa shape index (κ1) is 15.0. The van der Waals surface area contributed by atoms with Gasteiger partial charge in [0.15, 0.2) is 0 Å². The van der Waals surface area contributed by atoms with E-state index in [1.54, 1.807) is 0 Å². The first-order valence-electron chi connectivity index (χ1n) is 6.08. The lowest BCUT2D eigenvalue weighted by Crippen LogP contribution is -2.17. The molecular formula is C15H22NOS. The molecular weight excluding hydrogens is 242 g/mol. The number of aromatic hydroxyl groups is 1. The summed E-state index contributed by atoms with van der Waals surface area (Å²) in [6.07, 6.45) is 0. The topological polar surface area (TPSA) is 32.3 Å². The number of benzene rings is 1. The highest BCUT2D eigenvalue weighted by Gasteiger charge is 2.24. The van der Waals surface area contributed by atoms with Gasteiger partial charge in [0.25, 0.3) is 0 Å². The lowest BCUT2D eigenvalue weighted by Gasteiger charge is -2.27. The first-order valence-corrected chi connectivity index (χ1v) is 6.49. The molecule has 2 N–H and O–H groups in total. The Morgan fingerprint density at radius 3 is 2.00 bits per heavy atom. The molecule has 0 amide bonds. The van der Waals surface area contributed by atoms with Crippen molar-refractivity contribution in [2.24, 2.45) is 0 Å². The molecule has 1 radical (unpaired) electrons. The minimum Gasteiger partial charge on any atom is -0.505 e. The molecule has 0 atom stereocenters. The van der Waals surface area contributed by atoms with E-state index in [1.807, 2.05) is 6.07 Å². The Balaban J connectivity index is 3.52. The molecule has 0 aliphatic heterocycles. The zero-order valence-electron chi connectivity index (χ0n) is 12.0. The molecule has 1 aromatic carbocycles. The maximum atomic E-state index is 10.3. The standard InChI is InChI=1S/C15H22NOS/c1-14(2,3)10-7-11(15(4,5)6)13(17)12(8-10)16-9-18/h7-8,17H,1-6H3,(H,16,18). The third-order valence-corrected chi connectivity index (χ3v) is 3.07. The molecule has 18 heavy (non-hydrogen) atoms. The molecule has 0 unspecified atom stereocenters. The van der Waals surface area contributed by atoms with Gasteiger partial charge < -0.3 is 10.4 Å². The minimum absolute atomic E-state index is 0.0194. The second-order valence-electron chi connectivity index (χ2n) is 6.65. The molecule has 0 spiro atoms. The van der Waals surface area contributed by atoms with Crippen LogP contribution in [0.5, 0.6) is 5.75 Å². The van der Waals surface area contributed by atoms with E-state index in [1.165, 1.54) is 0 Å². The van der Waals surface area contributed by atoms with Crippen LogP contribution in [0.25, 0.3) is 0 Å². The van der Waals surface area contributed by atoms with E-state index >= 15 is 0 Å². The van der Waals surface area contributed by atoms with Gasteiger partial charge in [-0.3, -0.25) is 0 Å². The third kappa shape index (κ3) is 3.22. The fraction of sp³-hybridized carbons (Fsp3) is 0.533. The zero-order chi connectivity index (χ0) is 14.1. The van der Waals surface area contributed by atoms with E-state index in [9.17, 15) is 5.11 Å². The lowest BCUT2D eigenvalue weighted by atomic mass is 9.80. The van der Waals surface area contributed by atoms with Crippen molar-refractivity contribution in [1.29, 1.82) is 0 Å². The summed E-state index contributed by atoms with van der Waals surface area (Å²) in [5.41, 5.74) is 5.06. The first-order chi connectivity index (χ1) is 8.07. The number of phenols is 1. The Hall–Kier alpha value is -1.09. The van der Waals surface area contributed by atoms with Crippen LogP contribution < -0.4 is 5.32 Å². The molecule has 0 heterocycles. The fourth-order valence-corrected chi connectivity index (χ4v) is 1.90. The van der Waals surface area contributed by atoms with Gasteiger partial charge in [0.1, 0.15) is 11.2 Å². The van der Waals surface area contributed by atoms with Crippen molar-refractivity contribution in [1.82, 2.24) is 0 Å². The molecule has 0 fully saturated rings. The summed E-state index contributed by atoms with van der Waals surface area (Å²) in [6, 6.07) is 4.01. The Bertz CT molecular complexity index is 453. The van der Waals surface area contributed by atoms with E-state index in [0.29, 0.717) is 5.69 Å². The maximum absolute atomic E-state index is 10.3. The van der Waals surface area contributed by atoms with Crippen molar-refractivity contribution in [3.8, 4) is 5.75 Å². The Labute approximate surface area is 115 Å². The molecule has 2 nitrogen and oxygen atoms in total. The predicted octanol–water partition coefficient (Wildman–Crippen LogP) is 4.23. The van der Waals surface area contributed by atoms with E-state index in [4.69, 9.17) is 12.2 Å². The minimum atomic E-state index is -0.122. The Morgan fingerprint density at radius 2 is 1.61 bits per heavy atom. The van der Waals surface area contributed by atoms with Crippen LogP contribution in [-0.2, 0) is 10.8 Å². The molecule has 3 heteroatoms. The van der Waals surface area contributed by atoms with Gasteiger partial charge in [-0.2, -0.15) is 0 Å². The van der Waals surface area contributed by atoms with E-state index in [0.717, 1.165) is 11.1 Å². The molecule has 1 rings (SSSR count). The predicted molar refractivity (Wildman–Crippen MR) is 81.7 cm³/mol. The average molecular weight is 264 g/mol. The number of thiocarbonyl (C=S) groups is 1. The van der Waals surface area contributed by atoms with Crippen LogP contribution in [-0.4, -0.2) is 10.6 Å². The SMILES string of the molecule is CC(C)(C)c1cc(N[C]=S)c(O)c(C(C)(C)C)c1. The van der Waals surface area contributed by atoms with Gasteiger partial charge in [-0.1, -0.05) is 59.8 Å². The van der Waals surface area contributed by atoms with Crippen molar-refractivity contribution in [2.45, 2.75) is 52.4 Å². The molecule has 0 saturated heterocycles. The summed E-state index contributed by atoms with van der Waals surface area (Å²) < 4.78 is 0. The van der Waals surface area contributed by atoms with Gasteiger partial charge >= 0.3 is 0 Å². The van der Waals surface area contributed by atoms with Gasteiger partial charge in [-0.15, -0.1) is 0 Å². The Kier molecular flexibility index (Phi) is 4.06. The molecule has 0 aromatic heterocycles. The van der Waals surface area contributed by atoms with E-state index in [2.05, 4.69) is 58.4 Å². The average Bonchev–Trinajstić information content (AvgIpc) is 2.17. The Morgan fingerprint density at radius 1 is 1.06 bits per heavy atom. The lowest BCUT2D eigenvalue weighted by molar-refractivity contribution is 0.447. The van der Waals surface area contributed by atoms with Gasteiger partial charge in [0, 0.05) is 5.56 Å². The van der Waals surface area contributed by atoms with Crippen molar-refractivity contribution in [3.63, 3.8) is 0 Å². The van der Waals surface area contributed by atoms with Crippen LogP contribution in [0.3, 0.4) is 0 Å². The number of hydrogen-bond acceptors (Lipinski definition) is 2. The highest BCUT2D eigenvalue weighted by molar-refractivity contribution is 7.79. The van der Waals surface area contributed by atoms with Crippen LogP contribution >= 0.6 is 12.2 Å². The highest BCUT2D eigenvalue weighted by atomic mass is 32.1. The highest BCUT2D eigenvalue weighted by Crippen LogP contribution is 2.39. The van der Waals surface area contributed by atoms with Crippen LogP contribution in [0.15, 0.2) is 12.1 Å². The smallest absolute Gasteiger partial charge is 0.142 e. The molecule has 99 valence electrons. The number of rotatable bonds is 2. The third-order valence-electron chi connectivity index (χ3n) is 2.97. The molecule has 0 bridgehead atoms. The quantitative estimate of drug-likeness (QED) is 0.476. The summed E-state index contributed by atoms with van der Waals surface area (Å²) in [6.45, 7) is 12.7. The summed E-state index contributed by atoms with van der Waals surface area (Å²) in [5, 5.41) is 13.1. The summed E-state index contributed by atoms with van der Waals surface area (Å²) >= 11 is 4.69. The monoisotopic (exact) mass is 264 g/mol. The fourth-order valence-electron chi connectivity index (χ4n) is 1.79. The van der Waals surface area contributed by atoms with Gasteiger partial charge in [0.2, 0.25) is 0 Å². The van der Waals surface area contributed by atoms with Crippen molar-refractivity contribution in [3.05, 3.63) is 23.3 Å². The van der Waals surface area contributed by atoms with Gasteiger partial charge in [-0.25, -0.2) is 0 Å². The summed E-state index contributed by atoms with van der Waals surface area (Å²) in [4.78, 5) is 0. The van der Waals surface area contributed by atoms with Crippen molar-refractivity contribution >= 4 is 23.4 Å². The number of hydrogen-bond donors (Lipinski definition) is 2. The second-order valence-corrected chi connectivity index (χ2v) is 6.85. The number of anilines is 1. The maximum Gasteiger partial charge on any atom is 0.142 e. The summed E-state index contributed by atoms with van der Waals surface area (Å²) in [5.74, 6) is 0.257. The van der Waals surface area contributed by atoms with Crippen LogP contribution in [0.4, 0.5) is 5.69 Å².